The van der Waals surface area contributed by atoms with Crippen molar-refractivity contribution in [3.05, 3.63) is 0 Å². The van der Waals surface area contributed by atoms with E-state index in [2.05, 4.69) is 39.8 Å². The molecule has 2 saturated heterocycles. The Morgan fingerprint density at radius 1 is 0.929 bits per heavy atom. The van der Waals surface area contributed by atoms with Gasteiger partial charge in [-0.2, -0.15) is 0 Å². The first-order valence-electron chi connectivity index (χ1n) is 11.5. The highest BCUT2D eigenvalue weighted by Crippen LogP contribution is 2.36. The van der Waals surface area contributed by atoms with E-state index in [1.807, 2.05) is 6.92 Å². The second-order valence-corrected chi connectivity index (χ2v) is 9.67. The molecule has 0 saturated carbocycles. The maximum atomic E-state index is 11.0. The molecule has 0 aromatic rings. The standard InChI is InChI=1S/C23H45NO4/c1-7-8-18(24(5)6)13-19-9-10-21(27-19)16(3)23(26)17(4)22-12-11-20(28-22)15(2)14-25/h15-23,25-26H,7-14H2,1-6H3/t15-,16-,17-,18-,19+,20-,21-,22+,23+/m1/s1. The molecule has 2 aliphatic rings. The Bertz CT molecular complexity index is 446. The minimum atomic E-state index is -0.419. The van der Waals surface area contributed by atoms with Crippen LogP contribution < -0.4 is 0 Å². The molecule has 0 aromatic carbocycles. The molecule has 0 radical (unpaired) electrons. The topological polar surface area (TPSA) is 62.2 Å². The molecule has 5 heteroatoms. The quantitative estimate of drug-likeness (QED) is 0.557. The summed E-state index contributed by atoms with van der Waals surface area (Å²) in [6, 6.07) is 0.574. The fourth-order valence-corrected chi connectivity index (χ4v) is 5.05. The lowest BCUT2D eigenvalue weighted by Gasteiger charge is -2.33. The van der Waals surface area contributed by atoms with Crippen molar-refractivity contribution >= 4 is 0 Å². The van der Waals surface area contributed by atoms with E-state index >= 15 is 0 Å². The molecule has 0 aliphatic carbocycles. The van der Waals surface area contributed by atoms with Crippen LogP contribution in [0.25, 0.3) is 0 Å². The van der Waals surface area contributed by atoms with Gasteiger partial charge < -0.3 is 24.6 Å². The third kappa shape index (κ3) is 6.15. The van der Waals surface area contributed by atoms with Gasteiger partial charge >= 0.3 is 0 Å². The average Bonchev–Trinajstić information content (AvgIpc) is 3.35. The van der Waals surface area contributed by atoms with Gasteiger partial charge in [-0.15, -0.1) is 0 Å². The predicted molar refractivity (Wildman–Crippen MR) is 113 cm³/mol. The Morgan fingerprint density at radius 3 is 2.07 bits per heavy atom. The van der Waals surface area contributed by atoms with Gasteiger partial charge in [-0.3, -0.25) is 0 Å². The SMILES string of the molecule is CCC[C@H](C[C@@H]1CC[C@H]([C@@H](C)[C@H](O)[C@H](C)[C@@H]2CC[C@H]([C@H](C)CO)O2)O1)N(C)C. The average molecular weight is 400 g/mol. The van der Waals surface area contributed by atoms with E-state index in [1.165, 1.54) is 12.8 Å². The Labute approximate surface area is 172 Å². The molecular weight excluding hydrogens is 354 g/mol. The lowest BCUT2D eigenvalue weighted by atomic mass is 9.84. The maximum absolute atomic E-state index is 11.0. The van der Waals surface area contributed by atoms with E-state index in [4.69, 9.17) is 9.47 Å². The Morgan fingerprint density at radius 2 is 1.50 bits per heavy atom. The van der Waals surface area contributed by atoms with Gasteiger partial charge in [0, 0.05) is 30.4 Å². The van der Waals surface area contributed by atoms with Crippen molar-refractivity contribution in [2.45, 2.75) is 109 Å². The monoisotopic (exact) mass is 399 g/mol. The summed E-state index contributed by atoms with van der Waals surface area (Å²) in [5, 5.41) is 20.4. The first-order chi connectivity index (χ1) is 13.3. The number of aliphatic hydroxyl groups excluding tert-OH is 2. The van der Waals surface area contributed by atoms with Crippen molar-refractivity contribution in [2.24, 2.45) is 17.8 Å². The summed E-state index contributed by atoms with van der Waals surface area (Å²) in [6.45, 7) is 8.67. The third-order valence-electron chi connectivity index (χ3n) is 7.29. The Balaban J connectivity index is 1.84. The summed E-state index contributed by atoms with van der Waals surface area (Å²) in [6.07, 6.45) is 7.80. The van der Waals surface area contributed by atoms with E-state index in [-0.39, 0.29) is 42.7 Å². The van der Waals surface area contributed by atoms with Gasteiger partial charge in [0.05, 0.1) is 30.5 Å². The number of hydrogen-bond donors (Lipinski definition) is 2. The normalized spacial score (nSPS) is 33.8. The zero-order chi connectivity index (χ0) is 20.8. The van der Waals surface area contributed by atoms with E-state index in [0.29, 0.717) is 12.1 Å². The summed E-state index contributed by atoms with van der Waals surface area (Å²) < 4.78 is 12.6. The lowest BCUT2D eigenvalue weighted by Crippen LogP contribution is -2.40. The largest absolute Gasteiger partial charge is 0.396 e. The van der Waals surface area contributed by atoms with Crippen molar-refractivity contribution in [1.29, 1.82) is 0 Å². The Hall–Kier alpha value is -0.200. The zero-order valence-electron chi connectivity index (χ0n) is 19.0. The molecule has 5 nitrogen and oxygen atoms in total. The highest BCUT2D eigenvalue weighted by molar-refractivity contribution is 4.89. The lowest BCUT2D eigenvalue weighted by molar-refractivity contribution is -0.0879. The van der Waals surface area contributed by atoms with Crippen molar-refractivity contribution in [2.75, 3.05) is 20.7 Å². The molecule has 2 aliphatic heterocycles. The summed E-state index contributed by atoms with van der Waals surface area (Å²) >= 11 is 0. The molecule has 0 unspecified atom stereocenters. The molecule has 2 fully saturated rings. The van der Waals surface area contributed by atoms with Crippen LogP contribution in [0, 0.1) is 17.8 Å². The molecule has 9 atom stereocenters. The minimum Gasteiger partial charge on any atom is -0.396 e. The molecule has 166 valence electrons. The molecule has 0 bridgehead atoms. The van der Waals surface area contributed by atoms with Crippen molar-refractivity contribution < 1.29 is 19.7 Å². The van der Waals surface area contributed by atoms with E-state index in [1.54, 1.807) is 0 Å². The molecule has 0 amide bonds. The van der Waals surface area contributed by atoms with Crippen LogP contribution >= 0.6 is 0 Å². The Kier molecular flexibility index (Phi) is 9.68. The molecule has 28 heavy (non-hydrogen) atoms. The van der Waals surface area contributed by atoms with E-state index < -0.39 is 6.10 Å². The summed E-state index contributed by atoms with van der Waals surface area (Å²) in [4.78, 5) is 2.32. The van der Waals surface area contributed by atoms with Crippen LogP contribution in [0.1, 0.15) is 72.6 Å². The summed E-state index contributed by atoms with van der Waals surface area (Å²) in [7, 11) is 4.32. The molecule has 0 aromatic heterocycles. The smallest absolute Gasteiger partial charge is 0.0640 e. The van der Waals surface area contributed by atoms with Crippen molar-refractivity contribution in [3.8, 4) is 0 Å². The van der Waals surface area contributed by atoms with Gasteiger partial charge in [-0.1, -0.05) is 34.1 Å². The van der Waals surface area contributed by atoms with Gasteiger partial charge in [0.25, 0.3) is 0 Å². The van der Waals surface area contributed by atoms with Crippen LogP contribution in [0.5, 0.6) is 0 Å². The summed E-state index contributed by atoms with van der Waals surface area (Å²) in [5.74, 6) is 0.364. The number of aliphatic hydroxyl groups is 2. The van der Waals surface area contributed by atoms with Crippen LogP contribution in [-0.4, -0.2) is 72.4 Å². The molecule has 2 heterocycles. The van der Waals surface area contributed by atoms with Gasteiger partial charge in [-0.05, 0) is 52.6 Å². The highest BCUT2D eigenvalue weighted by atomic mass is 16.5. The molecule has 2 N–H and O–H groups in total. The minimum absolute atomic E-state index is 0.0799. The van der Waals surface area contributed by atoms with E-state index in [0.717, 1.165) is 32.1 Å². The van der Waals surface area contributed by atoms with Gasteiger partial charge in [-0.25, -0.2) is 0 Å². The number of nitrogens with zero attached hydrogens (tertiary/aromatic N) is 1. The molecular formula is C23H45NO4. The van der Waals surface area contributed by atoms with Crippen molar-refractivity contribution in [1.82, 2.24) is 4.90 Å². The summed E-state index contributed by atoms with van der Waals surface area (Å²) in [5.41, 5.74) is 0. The zero-order valence-corrected chi connectivity index (χ0v) is 19.0. The number of ether oxygens (including phenoxy) is 2. The van der Waals surface area contributed by atoms with Crippen LogP contribution in [0.4, 0.5) is 0 Å². The molecule has 2 rings (SSSR count). The second-order valence-electron chi connectivity index (χ2n) is 9.67. The predicted octanol–water partition coefficient (Wildman–Crippen LogP) is 3.46. The maximum Gasteiger partial charge on any atom is 0.0640 e. The highest BCUT2D eigenvalue weighted by Gasteiger charge is 2.40. The van der Waals surface area contributed by atoms with Gasteiger partial charge in [0.1, 0.15) is 0 Å². The van der Waals surface area contributed by atoms with Crippen LogP contribution in [0.15, 0.2) is 0 Å². The van der Waals surface area contributed by atoms with Crippen LogP contribution in [-0.2, 0) is 9.47 Å². The first kappa shape index (κ1) is 24.1. The second kappa shape index (κ2) is 11.3. The van der Waals surface area contributed by atoms with E-state index in [9.17, 15) is 10.2 Å². The van der Waals surface area contributed by atoms with Gasteiger partial charge in [0.2, 0.25) is 0 Å². The third-order valence-corrected chi connectivity index (χ3v) is 7.29. The first-order valence-corrected chi connectivity index (χ1v) is 11.5. The fraction of sp³-hybridized carbons (Fsp3) is 1.00. The van der Waals surface area contributed by atoms with Crippen LogP contribution in [0.3, 0.4) is 0 Å². The number of hydrogen-bond acceptors (Lipinski definition) is 5. The molecule has 0 spiro atoms. The fourth-order valence-electron chi connectivity index (χ4n) is 5.05. The van der Waals surface area contributed by atoms with Crippen molar-refractivity contribution in [3.63, 3.8) is 0 Å². The number of rotatable bonds is 11. The van der Waals surface area contributed by atoms with Gasteiger partial charge in [0.15, 0.2) is 0 Å². The van der Waals surface area contributed by atoms with Crippen LogP contribution in [0.2, 0.25) is 0 Å².